The van der Waals surface area contributed by atoms with Crippen molar-refractivity contribution in [2.24, 2.45) is 5.92 Å². The zero-order valence-corrected chi connectivity index (χ0v) is 7.87. The molecule has 3 nitrogen and oxygen atoms in total. The van der Waals surface area contributed by atoms with Crippen molar-refractivity contribution in [1.82, 2.24) is 0 Å². The van der Waals surface area contributed by atoms with Crippen LogP contribution in [0.1, 0.15) is 13.8 Å². The first-order chi connectivity index (χ1) is 5.70. The van der Waals surface area contributed by atoms with E-state index in [-0.39, 0.29) is 11.7 Å². The average molecular weight is 172 g/mol. The summed E-state index contributed by atoms with van der Waals surface area (Å²) in [5.41, 5.74) is -0.167. The average Bonchev–Trinajstić information content (AvgIpc) is 2.60. The van der Waals surface area contributed by atoms with Gasteiger partial charge in [-0.15, -0.1) is 0 Å². The molecule has 0 aromatic carbocycles. The minimum absolute atomic E-state index is 0.125. The van der Waals surface area contributed by atoms with E-state index in [9.17, 15) is 0 Å². The van der Waals surface area contributed by atoms with Crippen molar-refractivity contribution >= 4 is 0 Å². The lowest BCUT2D eigenvalue weighted by atomic mass is 9.86. The minimum Gasteiger partial charge on any atom is -0.379 e. The first kappa shape index (κ1) is 8.48. The zero-order chi connectivity index (χ0) is 8.77. The summed E-state index contributed by atoms with van der Waals surface area (Å²) >= 11 is 0. The second-order valence-electron chi connectivity index (χ2n) is 3.78. The Bertz CT molecular complexity index is 173. The Kier molecular flexibility index (Phi) is 1.90. The van der Waals surface area contributed by atoms with Crippen LogP contribution in [0.5, 0.6) is 0 Å². The van der Waals surface area contributed by atoms with Crippen LogP contribution in [-0.4, -0.2) is 38.1 Å². The van der Waals surface area contributed by atoms with Crippen LogP contribution < -0.4 is 0 Å². The summed E-state index contributed by atoms with van der Waals surface area (Å²) in [6.45, 7) is 5.65. The summed E-state index contributed by atoms with van der Waals surface area (Å²) in [4.78, 5) is 0. The molecular formula is C9H16O3. The van der Waals surface area contributed by atoms with E-state index in [0.29, 0.717) is 18.6 Å². The summed E-state index contributed by atoms with van der Waals surface area (Å²) in [6, 6.07) is 0. The van der Waals surface area contributed by atoms with Crippen molar-refractivity contribution in [2.45, 2.75) is 31.7 Å². The molecule has 0 amide bonds. The predicted molar refractivity (Wildman–Crippen MR) is 44.1 cm³/mol. The fraction of sp³-hybridized carbons (Fsp3) is 1.00. The molecule has 0 radical (unpaired) electrons. The van der Waals surface area contributed by atoms with Crippen molar-refractivity contribution in [3.8, 4) is 0 Å². The van der Waals surface area contributed by atoms with Gasteiger partial charge in [-0.2, -0.15) is 0 Å². The molecule has 0 N–H and O–H groups in total. The minimum atomic E-state index is -0.167. The maximum Gasteiger partial charge on any atom is 0.122 e. The number of rotatable bonds is 2. The first-order valence-electron chi connectivity index (χ1n) is 4.49. The second-order valence-corrected chi connectivity index (χ2v) is 3.78. The van der Waals surface area contributed by atoms with Gasteiger partial charge >= 0.3 is 0 Å². The van der Waals surface area contributed by atoms with Gasteiger partial charge in [0.2, 0.25) is 0 Å². The van der Waals surface area contributed by atoms with Crippen molar-refractivity contribution in [1.29, 1.82) is 0 Å². The van der Waals surface area contributed by atoms with Crippen molar-refractivity contribution in [3.05, 3.63) is 0 Å². The Hall–Kier alpha value is -0.120. The Morgan fingerprint density at radius 2 is 2.33 bits per heavy atom. The summed E-state index contributed by atoms with van der Waals surface area (Å²) in [7, 11) is 1.72. The molecule has 2 bridgehead atoms. The highest BCUT2D eigenvalue weighted by molar-refractivity contribution is 5.04. The lowest BCUT2D eigenvalue weighted by Crippen LogP contribution is -2.47. The molecule has 2 heterocycles. The van der Waals surface area contributed by atoms with Gasteiger partial charge < -0.3 is 14.2 Å². The van der Waals surface area contributed by atoms with E-state index in [1.165, 1.54) is 0 Å². The second kappa shape index (κ2) is 2.69. The maximum absolute atomic E-state index is 5.75. The van der Waals surface area contributed by atoms with Gasteiger partial charge in [-0.05, 0) is 6.92 Å². The van der Waals surface area contributed by atoms with Crippen LogP contribution in [-0.2, 0) is 14.2 Å². The molecule has 3 heteroatoms. The third-order valence-electron chi connectivity index (χ3n) is 3.41. The number of ether oxygens (including phenoxy) is 3. The third kappa shape index (κ3) is 0.873. The Labute approximate surface area is 73.0 Å². The molecule has 0 saturated carbocycles. The van der Waals surface area contributed by atoms with Crippen molar-refractivity contribution < 1.29 is 14.2 Å². The SMILES string of the molecule is COC(C)[C@@]12CO[C@@H](CO1)[C@@H]2C. The van der Waals surface area contributed by atoms with Crippen molar-refractivity contribution in [3.63, 3.8) is 0 Å². The van der Waals surface area contributed by atoms with Gasteiger partial charge in [-0.1, -0.05) is 6.92 Å². The smallest absolute Gasteiger partial charge is 0.122 e. The topological polar surface area (TPSA) is 27.7 Å². The van der Waals surface area contributed by atoms with Gasteiger partial charge in [0.05, 0.1) is 25.4 Å². The molecule has 2 saturated heterocycles. The van der Waals surface area contributed by atoms with Gasteiger partial charge in [0.15, 0.2) is 0 Å². The van der Waals surface area contributed by atoms with Crippen LogP contribution in [0.25, 0.3) is 0 Å². The molecule has 12 heavy (non-hydrogen) atoms. The molecule has 0 aromatic heterocycles. The molecule has 2 aliphatic heterocycles. The number of fused-ring (bicyclic) bond motifs is 2. The fourth-order valence-corrected chi connectivity index (χ4v) is 2.23. The van der Waals surface area contributed by atoms with E-state index in [0.717, 1.165) is 6.61 Å². The monoisotopic (exact) mass is 172 g/mol. The van der Waals surface area contributed by atoms with Gasteiger partial charge in [0.1, 0.15) is 5.60 Å². The molecular weight excluding hydrogens is 156 g/mol. The van der Waals surface area contributed by atoms with E-state index in [2.05, 4.69) is 6.92 Å². The lowest BCUT2D eigenvalue weighted by Gasteiger charge is -2.33. The van der Waals surface area contributed by atoms with Gasteiger partial charge in [-0.3, -0.25) is 0 Å². The quantitative estimate of drug-likeness (QED) is 0.617. The van der Waals surface area contributed by atoms with Gasteiger partial charge in [-0.25, -0.2) is 0 Å². The standard InChI is InChI=1S/C9H16O3/c1-6-8-4-12-9(6,5-11-8)7(2)10-3/h6-8H,4-5H2,1-3H3/t6-,7?,8-,9-/m0/s1. The van der Waals surface area contributed by atoms with Crippen LogP contribution in [0.3, 0.4) is 0 Å². The molecule has 2 fully saturated rings. The third-order valence-corrected chi connectivity index (χ3v) is 3.41. The highest BCUT2D eigenvalue weighted by atomic mass is 16.6. The number of hydrogen-bond acceptors (Lipinski definition) is 3. The van der Waals surface area contributed by atoms with E-state index in [4.69, 9.17) is 14.2 Å². The van der Waals surface area contributed by atoms with Gasteiger partial charge in [0, 0.05) is 13.0 Å². The first-order valence-corrected chi connectivity index (χ1v) is 4.49. The molecule has 1 unspecified atom stereocenters. The highest BCUT2D eigenvalue weighted by Gasteiger charge is 2.57. The van der Waals surface area contributed by atoms with Gasteiger partial charge in [0.25, 0.3) is 0 Å². The van der Waals surface area contributed by atoms with E-state index >= 15 is 0 Å². The highest BCUT2D eigenvalue weighted by Crippen LogP contribution is 2.43. The van der Waals surface area contributed by atoms with E-state index in [1.807, 2.05) is 6.92 Å². The summed E-state index contributed by atoms with van der Waals surface area (Å²) in [6.07, 6.45) is 0.419. The Morgan fingerprint density at radius 1 is 1.58 bits per heavy atom. The Balaban J connectivity index is 2.19. The van der Waals surface area contributed by atoms with Crippen LogP contribution in [0.15, 0.2) is 0 Å². The van der Waals surface area contributed by atoms with E-state index in [1.54, 1.807) is 7.11 Å². The molecule has 70 valence electrons. The van der Waals surface area contributed by atoms with Crippen LogP contribution in [0.2, 0.25) is 0 Å². The maximum atomic E-state index is 5.75. The molecule has 4 atom stereocenters. The molecule has 0 aromatic rings. The normalized spacial score (nSPS) is 48.2. The molecule has 0 spiro atoms. The van der Waals surface area contributed by atoms with E-state index < -0.39 is 0 Å². The van der Waals surface area contributed by atoms with Crippen LogP contribution in [0, 0.1) is 5.92 Å². The largest absolute Gasteiger partial charge is 0.379 e. The van der Waals surface area contributed by atoms with Crippen molar-refractivity contribution in [2.75, 3.05) is 20.3 Å². The Morgan fingerprint density at radius 3 is 2.67 bits per heavy atom. The zero-order valence-electron chi connectivity index (χ0n) is 7.87. The molecule has 2 rings (SSSR count). The predicted octanol–water partition coefficient (Wildman–Crippen LogP) is 0.825. The fourth-order valence-electron chi connectivity index (χ4n) is 2.23. The molecule has 0 aliphatic carbocycles. The number of hydrogen-bond donors (Lipinski definition) is 0. The number of methoxy groups -OCH3 is 1. The van der Waals surface area contributed by atoms with Crippen LogP contribution in [0.4, 0.5) is 0 Å². The van der Waals surface area contributed by atoms with Crippen LogP contribution >= 0.6 is 0 Å². The molecule has 2 aliphatic rings. The summed E-state index contributed by atoms with van der Waals surface area (Å²) in [5, 5.41) is 0. The lowest BCUT2D eigenvalue weighted by molar-refractivity contribution is -0.153. The summed E-state index contributed by atoms with van der Waals surface area (Å²) in [5.74, 6) is 0.465. The summed E-state index contributed by atoms with van der Waals surface area (Å²) < 4.78 is 16.7.